The summed E-state index contributed by atoms with van der Waals surface area (Å²) in [6.07, 6.45) is 1.94. The first-order chi connectivity index (χ1) is 12.4. The first-order valence-corrected chi connectivity index (χ1v) is 8.57. The Bertz CT molecular complexity index is 786. The fourth-order valence-corrected chi connectivity index (χ4v) is 2.99. The van der Waals surface area contributed by atoms with Crippen LogP contribution in [-0.2, 0) is 22.6 Å². The van der Waals surface area contributed by atoms with Gasteiger partial charge < -0.3 is 19.7 Å². The maximum atomic E-state index is 12.1. The fraction of sp³-hybridized carbons (Fsp3) is 0.421. The number of hydrogen-bond donors (Lipinski definition) is 2. The molecule has 26 heavy (non-hydrogen) atoms. The van der Waals surface area contributed by atoms with Gasteiger partial charge in [0.15, 0.2) is 0 Å². The molecule has 7 heteroatoms. The average Bonchev–Trinajstić information content (AvgIpc) is 2.88. The van der Waals surface area contributed by atoms with Crippen molar-refractivity contribution in [2.45, 2.75) is 51.7 Å². The largest absolute Gasteiger partial charge is 0.489 e. The fourth-order valence-electron chi connectivity index (χ4n) is 2.99. The second kappa shape index (κ2) is 7.19. The molecule has 1 aliphatic rings. The van der Waals surface area contributed by atoms with Crippen LogP contribution in [-0.4, -0.2) is 27.7 Å². The maximum absolute atomic E-state index is 12.1. The predicted octanol–water partition coefficient (Wildman–Crippen LogP) is 2.54. The number of ether oxygens (including phenoxy) is 1. The Balaban J connectivity index is 1.54. The van der Waals surface area contributed by atoms with Gasteiger partial charge in [-0.1, -0.05) is 17.3 Å². The van der Waals surface area contributed by atoms with Gasteiger partial charge in [-0.3, -0.25) is 4.79 Å². The van der Waals surface area contributed by atoms with Crippen molar-refractivity contribution in [1.29, 1.82) is 0 Å². The molecular formula is C19H22N2O5. The number of aromatic nitrogens is 1. The summed E-state index contributed by atoms with van der Waals surface area (Å²) in [5.41, 5.74) is 1.45. The highest BCUT2D eigenvalue weighted by molar-refractivity contribution is 5.88. The number of carbonyl (C=O) groups excluding carboxylic acids is 1. The molecule has 0 spiro atoms. The lowest BCUT2D eigenvalue weighted by Crippen LogP contribution is -2.59. The molecule has 0 atom stereocenters. The molecule has 3 rings (SSSR count). The molecule has 1 fully saturated rings. The molecule has 1 amide bonds. The van der Waals surface area contributed by atoms with Gasteiger partial charge >= 0.3 is 5.97 Å². The van der Waals surface area contributed by atoms with Crippen LogP contribution in [0.25, 0.3) is 0 Å². The van der Waals surface area contributed by atoms with Crippen LogP contribution in [0, 0.1) is 13.8 Å². The molecule has 0 aliphatic heterocycles. The minimum Gasteiger partial charge on any atom is -0.489 e. The topological polar surface area (TPSA) is 102 Å². The predicted molar refractivity (Wildman–Crippen MR) is 92.8 cm³/mol. The standard InChI is InChI=1S/C19H22N2O5/c1-12-16(13(2)26-21-12)11-25-15-6-4-14(5-7-15)10-17(22)20-19(18(23)24)8-3-9-19/h4-7H,3,8-11H2,1-2H3,(H,20,22)(H,23,24). The van der Waals surface area contributed by atoms with Crippen LogP contribution in [0.15, 0.2) is 28.8 Å². The quantitative estimate of drug-likeness (QED) is 0.789. The van der Waals surface area contributed by atoms with E-state index in [1.807, 2.05) is 13.8 Å². The molecule has 2 N–H and O–H groups in total. The highest BCUT2D eigenvalue weighted by Gasteiger charge is 2.45. The van der Waals surface area contributed by atoms with Gasteiger partial charge in [-0.15, -0.1) is 0 Å². The van der Waals surface area contributed by atoms with Crippen molar-refractivity contribution in [1.82, 2.24) is 10.5 Å². The molecule has 2 aromatic rings. The number of aryl methyl sites for hydroxylation is 2. The molecule has 0 unspecified atom stereocenters. The Labute approximate surface area is 151 Å². The van der Waals surface area contributed by atoms with E-state index >= 15 is 0 Å². The molecule has 7 nitrogen and oxygen atoms in total. The average molecular weight is 358 g/mol. The van der Waals surface area contributed by atoms with E-state index in [-0.39, 0.29) is 12.3 Å². The Kier molecular flexibility index (Phi) is 4.97. The summed E-state index contributed by atoms with van der Waals surface area (Å²) in [6, 6.07) is 7.18. The third-order valence-corrected chi connectivity index (χ3v) is 4.85. The zero-order valence-corrected chi connectivity index (χ0v) is 14.9. The summed E-state index contributed by atoms with van der Waals surface area (Å²) in [7, 11) is 0. The Hall–Kier alpha value is -2.83. The molecule has 1 heterocycles. The van der Waals surface area contributed by atoms with Gasteiger partial charge in [0.1, 0.15) is 23.7 Å². The van der Waals surface area contributed by atoms with Gasteiger partial charge in [0.2, 0.25) is 5.91 Å². The molecule has 1 aliphatic carbocycles. The Morgan fingerprint density at radius 3 is 2.46 bits per heavy atom. The number of hydrogen-bond acceptors (Lipinski definition) is 5. The molecule has 0 saturated heterocycles. The second-order valence-electron chi connectivity index (χ2n) is 6.70. The van der Waals surface area contributed by atoms with Crippen LogP contribution < -0.4 is 10.1 Å². The molecule has 0 radical (unpaired) electrons. The number of carboxylic acid groups (broad SMARTS) is 1. The summed E-state index contributed by atoms with van der Waals surface area (Å²) in [6.45, 7) is 4.07. The normalized spacial score (nSPS) is 15.2. The number of carbonyl (C=O) groups is 2. The second-order valence-corrected chi connectivity index (χ2v) is 6.70. The maximum Gasteiger partial charge on any atom is 0.329 e. The van der Waals surface area contributed by atoms with Gasteiger partial charge in [-0.25, -0.2) is 4.79 Å². The van der Waals surface area contributed by atoms with E-state index in [2.05, 4.69) is 10.5 Å². The third kappa shape index (κ3) is 3.71. The van der Waals surface area contributed by atoms with E-state index in [0.29, 0.717) is 25.2 Å². The van der Waals surface area contributed by atoms with Crippen molar-refractivity contribution in [3.05, 3.63) is 46.8 Å². The lowest BCUT2D eigenvalue weighted by molar-refractivity contribution is -0.151. The van der Waals surface area contributed by atoms with Crippen LogP contribution in [0.3, 0.4) is 0 Å². The Morgan fingerprint density at radius 1 is 1.27 bits per heavy atom. The van der Waals surface area contributed by atoms with E-state index < -0.39 is 11.5 Å². The van der Waals surface area contributed by atoms with Crippen molar-refractivity contribution >= 4 is 11.9 Å². The van der Waals surface area contributed by atoms with Crippen LogP contribution in [0.2, 0.25) is 0 Å². The van der Waals surface area contributed by atoms with E-state index in [0.717, 1.165) is 29.0 Å². The highest BCUT2D eigenvalue weighted by Crippen LogP contribution is 2.32. The van der Waals surface area contributed by atoms with Crippen molar-refractivity contribution in [2.75, 3.05) is 0 Å². The molecule has 0 bridgehead atoms. The zero-order chi connectivity index (χ0) is 18.7. The van der Waals surface area contributed by atoms with E-state index in [9.17, 15) is 14.7 Å². The molecule has 1 saturated carbocycles. The molecule has 1 aromatic heterocycles. The summed E-state index contributed by atoms with van der Waals surface area (Å²) in [4.78, 5) is 23.5. The van der Waals surface area contributed by atoms with Crippen LogP contribution in [0.1, 0.15) is 41.8 Å². The minimum atomic E-state index is -1.07. The Morgan fingerprint density at radius 2 is 1.96 bits per heavy atom. The van der Waals surface area contributed by atoms with Gasteiger partial charge in [-0.05, 0) is 50.8 Å². The monoisotopic (exact) mass is 358 g/mol. The summed E-state index contributed by atoms with van der Waals surface area (Å²) < 4.78 is 10.8. The van der Waals surface area contributed by atoms with Crippen molar-refractivity contribution in [2.24, 2.45) is 0 Å². The number of nitrogens with one attached hydrogen (secondary N) is 1. The third-order valence-electron chi connectivity index (χ3n) is 4.85. The first kappa shape index (κ1) is 18.0. The van der Waals surface area contributed by atoms with Crippen LogP contribution in [0.4, 0.5) is 0 Å². The molecular weight excluding hydrogens is 336 g/mol. The van der Waals surface area contributed by atoms with Crippen LogP contribution in [0.5, 0.6) is 5.75 Å². The lowest BCUT2D eigenvalue weighted by Gasteiger charge is -2.38. The summed E-state index contributed by atoms with van der Waals surface area (Å²) in [5, 5.41) is 15.8. The van der Waals surface area contributed by atoms with E-state index in [4.69, 9.17) is 9.26 Å². The van der Waals surface area contributed by atoms with E-state index in [1.165, 1.54) is 0 Å². The summed E-state index contributed by atoms with van der Waals surface area (Å²) in [5.74, 6) is 0.172. The van der Waals surface area contributed by atoms with Crippen molar-refractivity contribution in [3.8, 4) is 5.75 Å². The van der Waals surface area contributed by atoms with E-state index in [1.54, 1.807) is 24.3 Å². The van der Waals surface area contributed by atoms with Gasteiger partial charge in [0.25, 0.3) is 0 Å². The number of amides is 1. The molecule has 138 valence electrons. The number of benzene rings is 1. The van der Waals surface area contributed by atoms with Crippen LogP contribution >= 0.6 is 0 Å². The number of carboxylic acids is 1. The van der Waals surface area contributed by atoms with Gasteiger partial charge in [0.05, 0.1) is 17.7 Å². The number of nitrogens with zero attached hydrogens (tertiary/aromatic N) is 1. The van der Waals surface area contributed by atoms with Crippen molar-refractivity contribution in [3.63, 3.8) is 0 Å². The van der Waals surface area contributed by atoms with Gasteiger partial charge in [0, 0.05) is 0 Å². The first-order valence-electron chi connectivity index (χ1n) is 8.57. The molecule has 1 aromatic carbocycles. The minimum absolute atomic E-state index is 0.138. The zero-order valence-electron chi connectivity index (χ0n) is 14.9. The number of aliphatic carboxylic acids is 1. The SMILES string of the molecule is Cc1noc(C)c1COc1ccc(CC(=O)NC2(C(=O)O)CCC2)cc1. The lowest BCUT2D eigenvalue weighted by atomic mass is 9.76. The van der Waals surface area contributed by atoms with Crippen molar-refractivity contribution < 1.29 is 24.0 Å². The number of rotatable bonds is 7. The smallest absolute Gasteiger partial charge is 0.329 e. The summed E-state index contributed by atoms with van der Waals surface area (Å²) >= 11 is 0. The highest BCUT2D eigenvalue weighted by atomic mass is 16.5. The van der Waals surface area contributed by atoms with Gasteiger partial charge in [-0.2, -0.15) is 0 Å².